The Morgan fingerprint density at radius 2 is 1.48 bits per heavy atom. The predicted molar refractivity (Wildman–Crippen MR) is 86.5 cm³/mol. The van der Waals surface area contributed by atoms with Crippen molar-refractivity contribution in [2.24, 2.45) is 0 Å². The van der Waals surface area contributed by atoms with Crippen LogP contribution in [-0.4, -0.2) is 20.2 Å². The van der Waals surface area contributed by atoms with Gasteiger partial charge in [-0.1, -0.05) is 71.0 Å². The minimum atomic E-state index is 0.500. The van der Waals surface area contributed by atoms with Gasteiger partial charge in [0.05, 0.1) is 6.20 Å². The van der Waals surface area contributed by atoms with Crippen LogP contribution in [0.5, 0.6) is 0 Å². The molecule has 2 aromatic heterocycles. The van der Waals surface area contributed by atoms with Crippen LogP contribution < -0.4 is 0 Å². The molecule has 0 amide bonds. The molecule has 2 aromatic carbocycles. The van der Waals surface area contributed by atoms with Gasteiger partial charge in [-0.2, -0.15) is 0 Å². The maximum absolute atomic E-state index is 5.40. The molecule has 0 aliphatic rings. The van der Waals surface area contributed by atoms with E-state index in [0.717, 1.165) is 28.3 Å². The quantitative estimate of drug-likeness (QED) is 0.577. The van der Waals surface area contributed by atoms with Crippen molar-refractivity contribution in [2.75, 3.05) is 0 Å². The van der Waals surface area contributed by atoms with Gasteiger partial charge in [-0.05, 0) is 0 Å². The van der Waals surface area contributed by atoms with Gasteiger partial charge in [-0.3, -0.25) is 0 Å². The Labute approximate surface area is 133 Å². The molecule has 0 aliphatic heterocycles. The summed E-state index contributed by atoms with van der Waals surface area (Å²) in [6, 6.07) is 21.8. The number of aromatic nitrogens is 4. The van der Waals surface area contributed by atoms with E-state index in [2.05, 4.69) is 15.5 Å². The maximum Gasteiger partial charge on any atom is 0.158 e. The third-order valence-electron chi connectivity index (χ3n) is 3.55. The second-order valence-corrected chi connectivity index (χ2v) is 5.21. The zero-order valence-electron chi connectivity index (χ0n) is 12.3. The molecule has 0 unspecified atom stereocenters. The highest BCUT2D eigenvalue weighted by atomic mass is 16.5. The van der Waals surface area contributed by atoms with Crippen molar-refractivity contribution < 1.29 is 4.52 Å². The lowest BCUT2D eigenvalue weighted by Gasteiger charge is -1.94. The van der Waals surface area contributed by atoms with Crippen LogP contribution in [0.3, 0.4) is 0 Å². The van der Waals surface area contributed by atoms with Gasteiger partial charge in [-0.15, -0.1) is 5.10 Å². The summed E-state index contributed by atoms with van der Waals surface area (Å²) in [5.41, 5.74) is 3.74. The molecule has 2 heterocycles. The molecule has 0 N–H and O–H groups in total. The summed E-state index contributed by atoms with van der Waals surface area (Å²) in [6.45, 7) is 0.500. The fourth-order valence-electron chi connectivity index (χ4n) is 2.41. The lowest BCUT2D eigenvalue weighted by molar-refractivity contribution is 0.372. The molecule has 112 valence electrons. The molecule has 4 rings (SSSR count). The Hall–Kier alpha value is -3.21. The van der Waals surface area contributed by atoms with Gasteiger partial charge in [0.25, 0.3) is 0 Å². The Kier molecular flexibility index (Phi) is 3.44. The Balaban J connectivity index is 1.53. The van der Waals surface area contributed by atoms with Crippen LogP contribution in [0.2, 0.25) is 0 Å². The van der Waals surface area contributed by atoms with Crippen molar-refractivity contribution >= 4 is 0 Å². The second-order valence-electron chi connectivity index (χ2n) is 5.21. The molecule has 0 fully saturated rings. The normalized spacial score (nSPS) is 10.8. The lowest BCUT2D eigenvalue weighted by atomic mass is 10.1. The summed E-state index contributed by atoms with van der Waals surface area (Å²) < 4.78 is 7.15. The monoisotopic (exact) mass is 302 g/mol. The van der Waals surface area contributed by atoms with Crippen LogP contribution in [0, 0.1) is 0 Å². The van der Waals surface area contributed by atoms with E-state index in [0.29, 0.717) is 6.54 Å². The Morgan fingerprint density at radius 1 is 0.826 bits per heavy atom. The molecule has 0 aliphatic carbocycles. The second kappa shape index (κ2) is 5.88. The highest BCUT2D eigenvalue weighted by molar-refractivity contribution is 5.58. The van der Waals surface area contributed by atoms with Gasteiger partial charge in [0.15, 0.2) is 5.76 Å². The molecular weight excluding hydrogens is 288 g/mol. The highest BCUT2D eigenvalue weighted by Gasteiger charge is 2.09. The maximum atomic E-state index is 5.40. The van der Waals surface area contributed by atoms with E-state index in [1.54, 1.807) is 4.68 Å². The first-order chi connectivity index (χ1) is 11.4. The number of benzene rings is 2. The standard InChI is InChI=1S/C18H14N4O/c1-3-7-14(8-4-1)17-11-16(23-20-17)12-22-13-18(19-21-22)15-9-5-2-6-10-15/h1-11,13H,12H2. The average molecular weight is 302 g/mol. The van der Waals surface area contributed by atoms with Gasteiger partial charge >= 0.3 is 0 Å². The van der Waals surface area contributed by atoms with E-state index in [9.17, 15) is 0 Å². The molecule has 0 saturated heterocycles. The first-order valence-electron chi connectivity index (χ1n) is 7.35. The van der Waals surface area contributed by atoms with E-state index >= 15 is 0 Å². The van der Waals surface area contributed by atoms with Crippen LogP contribution in [0.4, 0.5) is 0 Å². The molecule has 0 atom stereocenters. The predicted octanol–water partition coefficient (Wildman–Crippen LogP) is 3.65. The molecule has 0 bridgehead atoms. The highest BCUT2D eigenvalue weighted by Crippen LogP contribution is 2.20. The summed E-state index contributed by atoms with van der Waals surface area (Å²) in [7, 11) is 0. The summed E-state index contributed by atoms with van der Waals surface area (Å²) in [5.74, 6) is 0.744. The molecule has 5 nitrogen and oxygen atoms in total. The molecular formula is C18H14N4O. The molecule has 5 heteroatoms. The SMILES string of the molecule is c1ccc(-c2cn(Cc3cc(-c4ccccc4)no3)nn2)cc1. The van der Waals surface area contributed by atoms with Crippen LogP contribution in [0.1, 0.15) is 5.76 Å². The van der Waals surface area contributed by atoms with Gasteiger partial charge < -0.3 is 4.52 Å². The fraction of sp³-hybridized carbons (Fsp3) is 0.0556. The molecule has 0 spiro atoms. The zero-order chi connectivity index (χ0) is 15.5. The van der Waals surface area contributed by atoms with E-state index in [-0.39, 0.29) is 0 Å². The number of rotatable bonds is 4. The van der Waals surface area contributed by atoms with Gasteiger partial charge in [0.2, 0.25) is 0 Å². The lowest BCUT2D eigenvalue weighted by Crippen LogP contribution is -1.98. The molecule has 0 saturated carbocycles. The Morgan fingerprint density at radius 3 is 2.17 bits per heavy atom. The summed E-state index contributed by atoms with van der Waals surface area (Å²) >= 11 is 0. The van der Waals surface area contributed by atoms with Crippen molar-refractivity contribution in [1.82, 2.24) is 20.2 Å². The average Bonchev–Trinajstić information content (AvgIpc) is 3.27. The van der Waals surface area contributed by atoms with E-state index in [1.165, 1.54) is 0 Å². The van der Waals surface area contributed by atoms with Crippen molar-refractivity contribution in [3.63, 3.8) is 0 Å². The molecule has 4 aromatic rings. The van der Waals surface area contributed by atoms with Gasteiger partial charge in [0, 0.05) is 17.2 Å². The van der Waals surface area contributed by atoms with Gasteiger partial charge in [0.1, 0.15) is 17.9 Å². The number of hydrogen-bond acceptors (Lipinski definition) is 4. The van der Waals surface area contributed by atoms with E-state index < -0.39 is 0 Å². The topological polar surface area (TPSA) is 56.7 Å². The smallest absolute Gasteiger partial charge is 0.158 e. The van der Waals surface area contributed by atoms with Crippen molar-refractivity contribution in [1.29, 1.82) is 0 Å². The fourth-order valence-corrected chi connectivity index (χ4v) is 2.41. The van der Waals surface area contributed by atoms with Crippen molar-refractivity contribution in [3.8, 4) is 22.5 Å². The largest absolute Gasteiger partial charge is 0.359 e. The van der Waals surface area contributed by atoms with Crippen LogP contribution in [0.25, 0.3) is 22.5 Å². The van der Waals surface area contributed by atoms with Crippen molar-refractivity contribution in [2.45, 2.75) is 6.54 Å². The first-order valence-corrected chi connectivity index (χ1v) is 7.35. The number of nitrogens with zero attached hydrogens (tertiary/aromatic N) is 4. The minimum absolute atomic E-state index is 0.500. The third-order valence-corrected chi connectivity index (χ3v) is 3.55. The summed E-state index contributed by atoms with van der Waals surface area (Å²) in [4.78, 5) is 0. The molecule has 0 radical (unpaired) electrons. The van der Waals surface area contributed by atoms with Crippen molar-refractivity contribution in [3.05, 3.63) is 78.7 Å². The van der Waals surface area contributed by atoms with Gasteiger partial charge in [-0.25, -0.2) is 4.68 Å². The Bertz CT molecular complexity index is 821. The zero-order valence-corrected chi connectivity index (χ0v) is 12.3. The molecule has 23 heavy (non-hydrogen) atoms. The van der Waals surface area contributed by atoms with E-state index in [1.807, 2.05) is 72.9 Å². The third kappa shape index (κ3) is 2.89. The van der Waals surface area contributed by atoms with E-state index in [4.69, 9.17) is 4.52 Å². The van der Waals surface area contributed by atoms with Crippen LogP contribution in [0.15, 0.2) is 77.4 Å². The van der Waals surface area contributed by atoms with Crippen LogP contribution >= 0.6 is 0 Å². The number of hydrogen-bond donors (Lipinski definition) is 0. The summed E-state index contributed by atoms with van der Waals surface area (Å²) in [6.07, 6.45) is 1.90. The minimum Gasteiger partial charge on any atom is -0.359 e. The van der Waals surface area contributed by atoms with Crippen LogP contribution in [-0.2, 0) is 6.54 Å². The first kappa shape index (κ1) is 13.5. The summed E-state index contributed by atoms with van der Waals surface area (Å²) in [5, 5.41) is 12.5.